The molecular formula is C12H22NZr. The zero-order valence-electron chi connectivity index (χ0n) is 9.47. The summed E-state index contributed by atoms with van der Waals surface area (Å²) in [5.41, 5.74) is 0.660. The predicted molar refractivity (Wildman–Crippen MR) is 55.8 cm³/mol. The summed E-state index contributed by atoms with van der Waals surface area (Å²) in [5.74, 6) is 3.32. The Morgan fingerprint density at radius 2 is 1.36 bits per heavy atom. The summed E-state index contributed by atoms with van der Waals surface area (Å²) >= 11 is -1.10. The standard InChI is InChI=1S/C10H16N.2CH3.Zr/c11-10-4-7-1-8(5-10)3-9(2-7)6-10;;;/h7-9,11H,1-6H2;2*1H3;/q-1;;;+1. The molecule has 1 nitrogen and oxygen atoms in total. The molecule has 4 fully saturated rings. The van der Waals surface area contributed by atoms with Gasteiger partial charge in [-0.1, -0.05) is 0 Å². The summed E-state index contributed by atoms with van der Waals surface area (Å²) in [6.07, 6.45) is 9.33. The van der Waals surface area contributed by atoms with E-state index in [0.29, 0.717) is 5.54 Å². The fourth-order valence-corrected chi connectivity index (χ4v) is 8.15. The van der Waals surface area contributed by atoms with Crippen molar-refractivity contribution in [1.29, 1.82) is 0 Å². The molecule has 0 aromatic carbocycles. The molecule has 0 aromatic heterocycles. The van der Waals surface area contributed by atoms with Gasteiger partial charge in [-0.05, 0) is 0 Å². The van der Waals surface area contributed by atoms with E-state index < -0.39 is 22.0 Å². The van der Waals surface area contributed by atoms with Crippen LogP contribution in [0.1, 0.15) is 38.5 Å². The van der Waals surface area contributed by atoms with Gasteiger partial charge in [-0.2, -0.15) is 0 Å². The molecule has 2 heteroatoms. The van der Waals surface area contributed by atoms with Crippen LogP contribution in [0.5, 0.6) is 0 Å². The third kappa shape index (κ3) is 1.67. The normalized spacial score (nSPS) is 49.7. The summed E-state index contributed by atoms with van der Waals surface area (Å²) in [5, 5.41) is 0. The van der Waals surface area contributed by atoms with Crippen LogP contribution in [-0.4, -0.2) is 5.54 Å². The van der Waals surface area contributed by atoms with Crippen LogP contribution in [0, 0.1) is 17.8 Å². The molecule has 0 spiro atoms. The minimum absolute atomic E-state index is 0.660. The van der Waals surface area contributed by atoms with E-state index in [1.807, 2.05) is 0 Å². The molecule has 0 aliphatic heterocycles. The van der Waals surface area contributed by atoms with Crippen molar-refractivity contribution in [1.82, 2.24) is 3.26 Å². The van der Waals surface area contributed by atoms with Crippen molar-refractivity contribution < 1.29 is 22.0 Å². The van der Waals surface area contributed by atoms with E-state index in [0.717, 1.165) is 17.8 Å². The monoisotopic (exact) mass is 270 g/mol. The van der Waals surface area contributed by atoms with Gasteiger partial charge in [0.05, 0.1) is 0 Å². The topological polar surface area (TPSA) is 12.0 Å². The Morgan fingerprint density at radius 3 is 1.71 bits per heavy atom. The Morgan fingerprint density at radius 1 is 0.929 bits per heavy atom. The predicted octanol–water partition coefficient (Wildman–Crippen LogP) is 3.17. The summed E-state index contributed by atoms with van der Waals surface area (Å²) in [7, 11) is 0. The maximum atomic E-state index is 4.08. The van der Waals surface area contributed by atoms with Gasteiger partial charge in [-0.25, -0.2) is 0 Å². The Balaban J connectivity index is 1.80. The molecule has 4 aliphatic rings. The Bertz CT molecular complexity index is 195. The zero-order valence-corrected chi connectivity index (χ0v) is 11.9. The fraction of sp³-hybridized carbons (Fsp3) is 1.00. The molecule has 4 saturated carbocycles. The minimum atomic E-state index is -1.10. The first kappa shape index (κ1) is 10.0. The van der Waals surface area contributed by atoms with Crippen LogP contribution in [0.3, 0.4) is 0 Å². The SMILES string of the molecule is [CH3][Zr]([CH3])[NH]C12CC3CC(CC(C3)C1)C2. The van der Waals surface area contributed by atoms with Crippen molar-refractivity contribution in [2.24, 2.45) is 17.8 Å². The van der Waals surface area contributed by atoms with E-state index in [1.165, 1.54) is 19.3 Å². The van der Waals surface area contributed by atoms with Crippen LogP contribution in [0.25, 0.3) is 0 Å². The second-order valence-corrected chi connectivity index (χ2v) is 11.9. The first-order valence-electron chi connectivity index (χ1n) is 6.23. The van der Waals surface area contributed by atoms with E-state index in [9.17, 15) is 0 Å². The molecule has 0 aromatic rings. The van der Waals surface area contributed by atoms with Crippen molar-refractivity contribution in [3.05, 3.63) is 0 Å². The first-order chi connectivity index (χ1) is 6.65. The molecule has 14 heavy (non-hydrogen) atoms. The molecule has 0 amide bonds. The van der Waals surface area contributed by atoms with Crippen molar-refractivity contribution in [3.8, 4) is 0 Å². The molecule has 0 radical (unpaired) electrons. The molecule has 4 aliphatic carbocycles. The summed E-state index contributed by atoms with van der Waals surface area (Å²) in [6.45, 7) is 0. The van der Waals surface area contributed by atoms with Crippen LogP contribution in [0.15, 0.2) is 0 Å². The number of hydrogen-bond acceptors (Lipinski definition) is 1. The molecule has 0 atom stereocenters. The fourth-order valence-electron chi connectivity index (χ4n) is 4.79. The van der Waals surface area contributed by atoms with Crippen LogP contribution in [0.4, 0.5) is 0 Å². The van der Waals surface area contributed by atoms with Crippen LogP contribution >= 0.6 is 0 Å². The van der Waals surface area contributed by atoms with Crippen LogP contribution in [-0.2, 0) is 22.0 Å². The molecule has 0 saturated heterocycles. The second kappa shape index (κ2) is 3.42. The number of rotatable bonds is 2. The number of hydrogen-bond donors (Lipinski definition) is 1. The van der Waals surface area contributed by atoms with Crippen LogP contribution in [0.2, 0.25) is 9.26 Å². The van der Waals surface area contributed by atoms with Gasteiger partial charge in [0.1, 0.15) is 0 Å². The van der Waals surface area contributed by atoms with Gasteiger partial charge >= 0.3 is 96.4 Å². The van der Waals surface area contributed by atoms with E-state index >= 15 is 0 Å². The van der Waals surface area contributed by atoms with E-state index in [4.69, 9.17) is 0 Å². The van der Waals surface area contributed by atoms with Gasteiger partial charge in [0, 0.05) is 0 Å². The first-order valence-corrected chi connectivity index (χ1v) is 12.4. The van der Waals surface area contributed by atoms with Gasteiger partial charge in [0.15, 0.2) is 0 Å². The summed E-state index contributed by atoms with van der Waals surface area (Å²) in [4.78, 5) is 0. The molecule has 4 bridgehead atoms. The van der Waals surface area contributed by atoms with Crippen LogP contribution < -0.4 is 3.26 Å². The molecule has 0 heterocycles. The molecule has 79 valence electrons. The van der Waals surface area contributed by atoms with E-state index in [2.05, 4.69) is 12.5 Å². The maximum absolute atomic E-state index is 4.08. The van der Waals surface area contributed by atoms with Crippen molar-refractivity contribution in [3.63, 3.8) is 0 Å². The van der Waals surface area contributed by atoms with Crippen molar-refractivity contribution in [2.45, 2.75) is 53.3 Å². The van der Waals surface area contributed by atoms with Crippen molar-refractivity contribution >= 4 is 0 Å². The summed E-state index contributed by atoms with van der Waals surface area (Å²) < 4.78 is 9.09. The average molecular weight is 272 g/mol. The third-order valence-electron chi connectivity index (χ3n) is 4.55. The van der Waals surface area contributed by atoms with Crippen molar-refractivity contribution in [2.75, 3.05) is 0 Å². The van der Waals surface area contributed by atoms with Gasteiger partial charge in [0.2, 0.25) is 0 Å². The zero-order chi connectivity index (χ0) is 9.76. The van der Waals surface area contributed by atoms with Gasteiger partial charge in [-0.3, -0.25) is 0 Å². The molecular weight excluding hydrogens is 249 g/mol. The Kier molecular flexibility index (Phi) is 2.45. The average Bonchev–Trinajstić information content (AvgIpc) is 1.96. The van der Waals surface area contributed by atoms with E-state index in [-0.39, 0.29) is 0 Å². The molecule has 1 N–H and O–H groups in total. The third-order valence-corrected chi connectivity index (χ3v) is 7.09. The summed E-state index contributed by atoms with van der Waals surface area (Å²) in [6, 6.07) is 0. The molecule has 0 unspecified atom stereocenters. The van der Waals surface area contributed by atoms with Gasteiger partial charge < -0.3 is 0 Å². The Labute approximate surface area is 96.1 Å². The number of nitrogens with one attached hydrogen (secondary N) is 1. The Hall–Kier alpha value is 0.843. The quantitative estimate of drug-likeness (QED) is 0.813. The van der Waals surface area contributed by atoms with E-state index in [1.54, 1.807) is 19.3 Å². The molecule has 4 rings (SSSR count). The van der Waals surface area contributed by atoms with Gasteiger partial charge in [-0.15, -0.1) is 0 Å². The van der Waals surface area contributed by atoms with Gasteiger partial charge in [0.25, 0.3) is 0 Å². The second-order valence-electron chi connectivity index (χ2n) is 6.32.